The van der Waals surface area contributed by atoms with Crippen LogP contribution in [0.1, 0.15) is 32.1 Å². The minimum absolute atomic E-state index is 0.0347. The SMILES string of the molecule is CN1CCN(c2ccc(S(=O)(=O)[C@@H]3C[C@@H](C(=O)NC4(C#N)CC4)N(C(=O)C4(C(F)(F)F)CC4)C3)c(Cl)c2)CC1. The Bertz CT molecular complexity index is 1330. The number of likely N-dealkylation sites (tertiary alicyclic amines) is 1. The fourth-order valence-corrected chi connectivity index (χ4v) is 7.62. The van der Waals surface area contributed by atoms with Crippen molar-refractivity contribution >= 4 is 38.9 Å². The number of hydrogen-bond donors (Lipinski definition) is 1. The molecule has 5 rings (SSSR count). The topological polar surface area (TPSA) is 114 Å². The smallest absolute Gasteiger partial charge is 0.369 e. The van der Waals surface area contributed by atoms with Gasteiger partial charge in [-0.2, -0.15) is 18.4 Å². The average molecular weight is 588 g/mol. The molecule has 0 spiro atoms. The first-order valence-corrected chi connectivity index (χ1v) is 14.7. The van der Waals surface area contributed by atoms with Gasteiger partial charge < -0.3 is 20.0 Å². The maximum Gasteiger partial charge on any atom is 0.403 e. The third kappa shape index (κ3) is 4.95. The highest BCUT2D eigenvalue weighted by atomic mass is 35.5. The Labute approximate surface area is 229 Å². The van der Waals surface area contributed by atoms with Crippen molar-refractivity contribution in [2.45, 2.75) is 60.0 Å². The van der Waals surface area contributed by atoms with Crippen LogP contribution in [0.2, 0.25) is 5.02 Å². The first-order chi connectivity index (χ1) is 18.2. The summed E-state index contributed by atoms with van der Waals surface area (Å²) in [6, 6.07) is 5.08. The van der Waals surface area contributed by atoms with Crippen molar-refractivity contribution in [1.29, 1.82) is 5.26 Å². The van der Waals surface area contributed by atoms with Crippen molar-refractivity contribution in [1.82, 2.24) is 15.1 Å². The molecule has 0 aromatic heterocycles. The van der Waals surface area contributed by atoms with Crippen molar-refractivity contribution in [2.24, 2.45) is 5.41 Å². The van der Waals surface area contributed by atoms with E-state index in [0.717, 1.165) is 36.8 Å². The van der Waals surface area contributed by atoms with Crippen molar-refractivity contribution < 1.29 is 31.2 Å². The summed E-state index contributed by atoms with van der Waals surface area (Å²) in [6.07, 6.45) is -5.31. The molecule has 1 aromatic carbocycles. The molecule has 2 saturated carbocycles. The molecule has 2 aliphatic carbocycles. The molecule has 4 fully saturated rings. The number of hydrogen-bond acceptors (Lipinski definition) is 7. The fraction of sp³-hybridized carbons (Fsp3) is 0.640. The summed E-state index contributed by atoms with van der Waals surface area (Å²) in [4.78, 5) is 31.1. The standard InChI is InChI=1S/C25H29ClF3N5O4S/c1-32-8-10-33(11-9-32)16-2-3-20(18(26)12-16)39(37,38)17-13-19(21(35)31-23(15-30)4-5-23)34(14-17)22(36)24(6-7-24)25(27,28)29/h2-3,12,17,19H,4-11,13-14H2,1H3,(H,31,35)/t17-,19+/m1/s1. The van der Waals surface area contributed by atoms with Gasteiger partial charge in [0.05, 0.1) is 21.2 Å². The number of nitrogens with one attached hydrogen (secondary N) is 1. The maximum atomic E-state index is 13.8. The zero-order valence-electron chi connectivity index (χ0n) is 21.3. The van der Waals surface area contributed by atoms with Gasteiger partial charge in [0, 0.05) is 38.4 Å². The van der Waals surface area contributed by atoms with Gasteiger partial charge in [-0.1, -0.05) is 11.6 Å². The molecular weight excluding hydrogens is 559 g/mol. The summed E-state index contributed by atoms with van der Waals surface area (Å²) in [7, 11) is -2.22. The quantitative estimate of drug-likeness (QED) is 0.543. The minimum Gasteiger partial charge on any atom is -0.369 e. The number of piperazine rings is 1. The highest BCUT2D eigenvalue weighted by Crippen LogP contribution is 2.59. The first kappa shape index (κ1) is 28.0. The number of anilines is 1. The van der Waals surface area contributed by atoms with E-state index < -0.39 is 75.9 Å². The summed E-state index contributed by atoms with van der Waals surface area (Å²) in [5, 5.41) is 10.5. The van der Waals surface area contributed by atoms with E-state index in [4.69, 9.17) is 11.6 Å². The van der Waals surface area contributed by atoms with Crippen molar-refractivity contribution in [3.05, 3.63) is 23.2 Å². The number of rotatable bonds is 6. The second-order valence-electron chi connectivity index (χ2n) is 11.0. The number of sulfone groups is 1. The molecule has 2 heterocycles. The number of alkyl halides is 3. The number of benzene rings is 1. The summed E-state index contributed by atoms with van der Waals surface area (Å²) < 4.78 is 68.8. The van der Waals surface area contributed by atoms with Crippen LogP contribution in [0.4, 0.5) is 18.9 Å². The largest absolute Gasteiger partial charge is 0.403 e. The van der Waals surface area contributed by atoms with E-state index in [1.54, 1.807) is 12.1 Å². The highest BCUT2D eigenvalue weighted by Gasteiger charge is 2.70. The summed E-state index contributed by atoms with van der Waals surface area (Å²) in [6.45, 7) is 2.56. The Morgan fingerprint density at radius 3 is 2.28 bits per heavy atom. The molecule has 14 heteroatoms. The Morgan fingerprint density at radius 1 is 1.13 bits per heavy atom. The van der Waals surface area contributed by atoms with Gasteiger partial charge in [-0.3, -0.25) is 9.59 Å². The number of amides is 2. The van der Waals surface area contributed by atoms with Crippen molar-refractivity contribution in [2.75, 3.05) is 44.7 Å². The molecule has 9 nitrogen and oxygen atoms in total. The molecule has 4 aliphatic rings. The molecule has 2 aliphatic heterocycles. The average Bonchev–Trinajstić information content (AvgIpc) is 3.80. The molecule has 2 atom stereocenters. The molecule has 0 radical (unpaired) electrons. The van der Waals surface area contributed by atoms with E-state index in [-0.39, 0.29) is 9.92 Å². The van der Waals surface area contributed by atoms with Crippen LogP contribution in [0.25, 0.3) is 0 Å². The van der Waals surface area contributed by atoms with E-state index in [1.807, 2.05) is 13.1 Å². The van der Waals surface area contributed by atoms with E-state index in [2.05, 4.69) is 15.1 Å². The van der Waals surface area contributed by atoms with E-state index in [9.17, 15) is 36.4 Å². The highest BCUT2D eigenvalue weighted by molar-refractivity contribution is 7.92. The minimum atomic E-state index is -4.82. The van der Waals surface area contributed by atoms with Crippen LogP contribution in [-0.4, -0.2) is 92.8 Å². The van der Waals surface area contributed by atoms with Crippen LogP contribution < -0.4 is 10.2 Å². The van der Waals surface area contributed by atoms with E-state index >= 15 is 0 Å². The lowest BCUT2D eigenvalue weighted by Gasteiger charge is -2.34. The van der Waals surface area contributed by atoms with Gasteiger partial charge in [-0.05, 0) is 57.4 Å². The van der Waals surface area contributed by atoms with Crippen LogP contribution in [0.3, 0.4) is 0 Å². The maximum absolute atomic E-state index is 13.8. The summed E-state index contributed by atoms with van der Waals surface area (Å²) >= 11 is 6.43. The van der Waals surface area contributed by atoms with E-state index in [0.29, 0.717) is 12.8 Å². The Morgan fingerprint density at radius 2 is 1.77 bits per heavy atom. The predicted molar refractivity (Wildman–Crippen MR) is 136 cm³/mol. The first-order valence-electron chi connectivity index (χ1n) is 12.8. The van der Waals surface area contributed by atoms with Crippen LogP contribution in [-0.2, 0) is 19.4 Å². The number of likely N-dealkylation sites (N-methyl/N-ethyl adjacent to an activating group) is 1. The van der Waals surface area contributed by atoms with Crippen LogP contribution in [0, 0.1) is 16.7 Å². The molecular formula is C25H29ClF3N5O4S. The zero-order valence-corrected chi connectivity index (χ0v) is 22.9. The normalized spacial score (nSPS) is 26.2. The third-order valence-corrected chi connectivity index (χ3v) is 11.0. The lowest BCUT2D eigenvalue weighted by Crippen LogP contribution is -2.53. The van der Waals surface area contributed by atoms with Gasteiger partial charge in [-0.15, -0.1) is 0 Å². The lowest BCUT2D eigenvalue weighted by atomic mass is 10.0. The summed E-state index contributed by atoms with van der Waals surface area (Å²) in [5.41, 5.74) is -3.00. The van der Waals surface area contributed by atoms with Gasteiger partial charge in [-0.25, -0.2) is 8.42 Å². The van der Waals surface area contributed by atoms with Crippen molar-refractivity contribution in [3.63, 3.8) is 0 Å². The third-order valence-electron chi connectivity index (χ3n) is 8.38. The number of nitrogens with zero attached hydrogens (tertiary/aromatic N) is 4. The van der Waals surface area contributed by atoms with Gasteiger partial charge >= 0.3 is 6.18 Å². The Hall–Kier alpha value is -2.56. The molecule has 2 saturated heterocycles. The second kappa shape index (κ2) is 9.52. The van der Waals surface area contributed by atoms with Gasteiger partial charge in [0.1, 0.15) is 17.0 Å². The summed E-state index contributed by atoms with van der Waals surface area (Å²) in [5.74, 6) is -2.12. The van der Waals surface area contributed by atoms with Crippen LogP contribution >= 0.6 is 11.6 Å². The van der Waals surface area contributed by atoms with Crippen molar-refractivity contribution in [3.8, 4) is 6.07 Å². The van der Waals surface area contributed by atoms with Crippen LogP contribution in [0.5, 0.6) is 0 Å². The van der Waals surface area contributed by atoms with Crippen LogP contribution in [0.15, 0.2) is 23.1 Å². The van der Waals surface area contributed by atoms with Gasteiger partial charge in [0.25, 0.3) is 0 Å². The molecule has 39 heavy (non-hydrogen) atoms. The Kier molecular flexibility index (Phi) is 6.83. The molecule has 0 bridgehead atoms. The molecule has 2 amide bonds. The fourth-order valence-electron chi connectivity index (χ4n) is 5.38. The molecule has 0 unspecified atom stereocenters. The molecule has 1 N–H and O–H groups in total. The van der Waals surface area contributed by atoms with Gasteiger partial charge in [0.2, 0.25) is 11.8 Å². The number of halogens is 4. The Balaban J connectivity index is 1.41. The number of carbonyl (C=O) groups excluding carboxylic acids is 2. The molecule has 1 aromatic rings. The monoisotopic (exact) mass is 587 g/mol. The van der Waals surface area contributed by atoms with Gasteiger partial charge in [0.15, 0.2) is 9.84 Å². The number of carbonyl (C=O) groups is 2. The second-order valence-corrected chi connectivity index (χ2v) is 13.6. The lowest BCUT2D eigenvalue weighted by molar-refractivity contribution is -0.199. The van der Waals surface area contributed by atoms with E-state index in [1.165, 1.54) is 6.07 Å². The molecule has 212 valence electrons. The number of nitriles is 1. The zero-order chi connectivity index (χ0) is 28.4. The predicted octanol–water partition coefficient (Wildman–Crippen LogP) is 2.35.